The van der Waals surface area contributed by atoms with Gasteiger partial charge in [0, 0.05) is 55.3 Å². The summed E-state index contributed by atoms with van der Waals surface area (Å²) >= 11 is 6.05. The molecule has 1 aromatic carbocycles. The van der Waals surface area contributed by atoms with Crippen LogP contribution in [-0.2, 0) is 16.0 Å². The third-order valence-corrected chi connectivity index (χ3v) is 6.87. The number of carbonyl (C=O) groups is 2. The molecule has 1 saturated heterocycles. The van der Waals surface area contributed by atoms with Gasteiger partial charge in [0.2, 0.25) is 0 Å². The molecule has 2 aliphatic rings. The number of carboxylic acid groups (broad SMARTS) is 1. The number of piperazine rings is 1. The number of halogens is 1. The highest BCUT2D eigenvalue weighted by Crippen LogP contribution is 2.24. The largest absolute Gasteiger partial charge is 0.478 e. The highest BCUT2D eigenvalue weighted by atomic mass is 35.5. The number of aliphatic hydroxyl groups is 1. The van der Waals surface area contributed by atoms with Gasteiger partial charge in [-0.15, -0.1) is 0 Å². The molecule has 0 saturated carbocycles. The van der Waals surface area contributed by atoms with Crippen LogP contribution < -0.4 is 4.90 Å². The monoisotopic (exact) mass is 507 g/mol. The van der Waals surface area contributed by atoms with Gasteiger partial charge in [-0.1, -0.05) is 35.9 Å². The standard InChI is InChI=1S/C26H26ClN5O4/c27-19-5-6-20-21(14-19)30-22(29-20)12-16-4-7-23(28-15-16)31-8-10-32(11-9-31)25(34)24(33)17-2-1-3-18(13-17)26(35)36/h1-7,14-15,17,24,33H,8-13H2,(H,29,30)(H,35,36). The van der Waals surface area contributed by atoms with Gasteiger partial charge in [-0.25, -0.2) is 14.8 Å². The Kier molecular flexibility index (Phi) is 6.75. The maximum absolute atomic E-state index is 12.8. The molecule has 1 fully saturated rings. The van der Waals surface area contributed by atoms with Crippen molar-refractivity contribution in [3.63, 3.8) is 0 Å². The number of aliphatic carboxylic acids is 1. The number of H-pyrrole nitrogens is 1. The van der Waals surface area contributed by atoms with E-state index in [1.165, 1.54) is 6.08 Å². The Morgan fingerprint density at radius 3 is 2.69 bits per heavy atom. The minimum Gasteiger partial charge on any atom is -0.478 e. The summed E-state index contributed by atoms with van der Waals surface area (Å²) in [5, 5.41) is 20.4. The lowest BCUT2D eigenvalue weighted by Crippen LogP contribution is -2.52. The van der Waals surface area contributed by atoms with Gasteiger partial charge in [-0.2, -0.15) is 0 Å². The summed E-state index contributed by atoms with van der Waals surface area (Å²) in [4.78, 5) is 40.3. The SMILES string of the molecule is O=C(O)C1=CC=CC(C(O)C(=O)N2CCN(c3ccc(Cc4nc5ccc(Cl)cc5[nH]4)cn3)CC2)C1. The molecule has 3 heterocycles. The minimum atomic E-state index is -1.26. The highest BCUT2D eigenvalue weighted by Gasteiger charge is 2.32. The minimum absolute atomic E-state index is 0.136. The predicted molar refractivity (Wildman–Crippen MR) is 136 cm³/mol. The third kappa shape index (κ3) is 5.12. The van der Waals surface area contributed by atoms with Gasteiger partial charge in [-0.3, -0.25) is 4.79 Å². The van der Waals surface area contributed by atoms with Crippen molar-refractivity contribution in [1.82, 2.24) is 19.9 Å². The molecule has 3 aromatic rings. The molecule has 10 heteroatoms. The first kappa shape index (κ1) is 24.0. The van der Waals surface area contributed by atoms with Crippen molar-refractivity contribution < 1.29 is 19.8 Å². The number of hydrogen-bond donors (Lipinski definition) is 3. The first-order valence-electron chi connectivity index (χ1n) is 11.8. The van der Waals surface area contributed by atoms with Crippen LogP contribution >= 0.6 is 11.6 Å². The van der Waals surface area contributed by atoms with Gasteiger partial charge >= 0.3 is 5.97 Å². The number of allylic oxidation sites excluding steroid dienone is 2. The summed E-state index contributed by atoms with van der Waals surface area (Å²) in [6.45, 7) is 2.10. The van der Waals surface area contributed by atoms with Gasteiger partial charge in [0.05, 0.1) is 11.0 Å². The van der Waals surface area contributed by atoms with E-state index in [-0.39, 0.29) is 17.9 Å². The lowest BCUT2D eigenvalue weighted by molar-refractivity contribution is -0.143. The summed E-state index contributed by atoms with van der Waals surface area (Å²) in [5.41, 5.74) is 2.99. The summed E-state index contributed by atoms with van der Waals surface area (Å²) < 4.78 is 0. The molecule has 2 atom stereocenters. The van der Waals surface area contributed by atoms with Gasteiger partial charge < -0.3 is 25.0 Å². The molecule has 5 rings (SSSR count). The molecule has 0 spiro atoms. The number of nitrogens with zero attached hydrogens (tertiary/aromatic N) is 4. The van der Waals surface area contributed by atoms with E-state index in [1.54, 1.807) is 17.1 Å². The maximum atomic E-state index is 12.8. The Morgan fingerprint density at radius 1 is 1.17 bits per heavy atom. The zero-order chi connectivity index (χ0) is 25.2. The van der Waals surface area contributed by atoms with Crippen LogP contribution in [0, 0.1) is 5.92 Å². The van der Waals surface area contributed by atoms with Gasteiger partial charge in [0.1, 0.15) is 17.7 Å². The first-order valence-corrected chi connectivity index (χ1v) is 12.2. The number of rotatable bonds is 6. The zero-order valence-corrected chi connectivity index (χ0v) is 20.2. The fourth-order valence-corrected chi connectivity index (χ4v) is 4.80. The van der Waals surface area contributed by atoms with Crippen LogP contribution in [0.3, 0.4) is 0 Å². The topological polar surface area (TPSA) is 123 Å². The molecule has 9 nitrogen and oxygen atoms in total. The van der Waals surface area contributed by atoms with Gasteiger partial charge in [0.25, 0.3) is 5.91 Å². The van der Waals surface area contributed by atoms with Crippen LogP contribution in [0.5, 0.6) is 0 Å². The summed E-state index contributed by atoms with van der Waals surface area (Å²) in [7, 11) is 0. The lowest BCUT2D eigenvalue weighted by atomic mass is 9.89. The number of imidazole rings is 1. The van der Waals surface area contributed by atoms with Crippen molar-refractivity contribution in [2.75, 3.05) is 31.1 Å². The molecule has 1 aliphatic heterocycles. The molecule has 0 bridgehead atoms. The summed E-state index contributed by atoms with van der Waals surface area (Å²) in [6.07, 6.45) is 6.11. The number of amides is 1. The Hall–Kier alpha value is -3.69. The second kappa shape index (κ2) is 10.1. The number of aliphatic hydroxyl groups excluding tert-OH is 1. The highest BCUT2D eigenvalue weighted by molar-refractivity contribution is 6.31. The van der Waals surface area contributed by atoms with E-state index in [2.05, 4.69) is 19.9 Å². The molecule has 186 valence electrons. The number of aromatic nitrogens is 3. The van der Waals surface area contributed by atoms with E-state index in [1.807, 2.05) is 36.5 Å². The molecule has 0 radical (unpaired) electrons. The average Bonchev–Trinajstić information content (AvgIpc) is 3.29. The number of benzene rings is 1. The van der Waals surface area contributed by atoms with Gasteiger partial charge in [-0.05, 0) is 36.2 Å². The van der Waals surface area contributed by atoms with E-state index in [4.69, 9.17) is 11.6 Å². The van der Waals surface area contributed by atoms with Crippen LogP contribution in [0.4, 0.5) is 5.82 Å². The van der Waals surface area contributed by atoms with Crippen molar-refractivity contribution in [2.24, 2.45) is 5.92 Å². The molecule has 2 unspecified atom stereocenters. The van der Waals surface area contributed by atoms with Crippen molar-refractivity contribution in [3.05, 3.63) is 76.7 Å². The Bertz CT molecular complexity index is 1340. The fourth-order valence-electron chi connectivity index (χ4n) is 4.63. The molecular formula is C26H26ClN5O4. The van der Waals surface area contributed by atoms with Gasteiger partial charge in [0.15, 0.2) is 0 Å². The smallest absolute Gasteiger partial charge is 0.331 e. The average molecular weight is 508 g/mol. The summed E-state index contributed by atoms with van der Waals surface area (Å²) in [5.74, 6) is -0.268. The lowest BCUT2D eigenvalue weighted by Gasteiger charge is -2.37. The van der Waals surface area contributed by atoms with Crippen molar-refractivity contribution in [1.29, 1.82) is 0 Å². The fraction of sp³-hybridized carbons (Fsp3) is 0.308. The first-order chi connectivity index (χ1) is 17.4. The van der Waals surface area contributed by atoms with Crippen LogP contribution in [0.15, 0.2) is 60.3 Å². The molecule has 1 amide bonds. The Labute approximate surface area is 212 Å². The van der Waals surface area contributed by atoms with E-state index >= 15 is 0 Å². The second-order valence-corrected chi connectivity index (χ2v) is 9.49. The zero-order valence-electron chi connectivity index (χ0n) is 19.5. The van der Waals surface area contributed by atoms with Crippen LogP contribution in [-0.4, -0.2) is 74.2 Å². The van der Waals surface area contributed by atoms with E-state index in [9.17, 15) is 19.8 Å². The molecule has 1 aliphatic carbocycles. The predicted octanol–water partition coefficient (Wildman–Crippen LogP) is 2.80. The van der Waals surface area contributed by atoms with E-state index in [0.29, 0.717) is 37.6 Å². The van der Waals surface area contributed by atoms with Crippen LogP contribution in [0.2, 0.25) is 5.02 Å². The molecule has 2 aromatic heterocycles. The quantitative estimate of drug-likeness (QED) is 0.469. The number of anilines is 1. The maximum Gasteiger partial charge on any atom is 0.331 e. The number of aromatic amines is 1. The number of pyridine rings is 1. The van der Waals surface area contributed by atoms with Crippen LogP contribution in [0.25, 0.3) is 11.0 Å². The Balaban J connectivity index is 1.15. The number of fused-ring (bicyclic) bond motifs is 1. The van der Waals surface area contributed by atoms with Crippen molar-refractivity contribution in [3.8, 4) is 0 Å². The Morgan fingerprint density at radius 2 is 1.97 bits per heavy atom. The number of hydrogen-bond acceptors (Lipinski definition) is 6. The second-order valence-electron chi connectivity index (χ2n) is 9.05. The van der Waals surface area contributed by atoms with E-state index in [0.717, 1.165) is 28.2 Å². The summed E-state index contributed by atoms with van der Waals surface area (Å²) in [6, 6.07) is 9.55. The molecule has 36 heavy (non-hydrogen) atoms. The number of carbonyl (C=O) groups excluding carboxylic acids is 1. The third-order valence-electron chi connectivity index (χ3n) is 6.63. The van der Waals surface area contributed by atoms with E-state index < -0.39 is 18.0 Å². The number of nitrogens with one attached hydrogen (secondary N) is 1. The van der Waals surface area contributed by atoms with Crippen molar-refractivity contribution >= 4 is 40.3 Å². The number of carboxylic acids is 1. The normalized spacial score (nSPS) is 18.8. The van der Waals surface area contributed by atoms with Crippen LogP contribution in [0.1, 0.15) is 17.8 Å². The molecular weight excluding hydrogens is 482 g/mol. The molecule has 3 N–H and O–H groups in total. The van der Waals surface area contributed by atoms with Crippen molar-refractivity contribution in [2.45, 2.75) is 18.9 Å².